The molecule has 1 aliphatic carbocycles. The highest BCUT2D eigenvalue weighted by atomic mass is 19.1. The van der Waals surface area contributed by atoms with E-state index in [1.165, 1.54) is 44.7 Å². The minimum Gasteiger partial charge on any atom is -0.398 e. The molecule has 3 aliphatic rings. The fourth-order valence-corrected chi connectivity index (χ4v) is 4.10. The van der Waals surface area contributed by atoms with Crippen LogP contribution in [-0.2, 0) is 15.9 Å². The molecule has 0 amide bonds. The van der Waals surface area contributed by atoms with Crippen LogP contribution in [0.4, 0.5) is 4.39 Å². The van der Waals surface area contributed by atoms with Crippen molar-refractivity contribution in [1.82, 2.24) is 19.9 Å². The molecule has 1 saturated carbocycles. The third-order valence-electron chi connectivity index (χ3n) is 6.68. The predicted octanol–water partition coefficient (Wildman–Crippen LogP) is 3.24. The molecular weight excluding hydrogens is 346 g/mol. The first-order valence-electron chi connectivity index (χ1n) is 10.1. The van der Waals surface area contributed by atoms with Crippen molar-refractivity contribution < 1.29 is 13.7 Å². The SMILES string of the molecule is CC1(C)OB(C(F)=Cc2cn(CC3CCCN3C3CCC3)nn2)OC1(C)C. The topological polar surface area (TPSA) is 52.4 Å². The van der Waals surface area contributed by atoms with Gasteiger partial charge in [-0.05, 0) is 66.0 Å². The second-order valence-electron chi connectivity index (χ2n) is 9.10. The van der Waals surface area contributed by atoms with Gasteiger partial charge < -0.3 is 9.31 Å². The molecule has 27 heavy (non-hydrogen) atoms. The van der Waals surface area contributed by atoms with Crippen molar-refractivity contribution in [3.05, 3.63) is 17.6 Å². The number of aromatic nitrogens is 3. The molecule has 0 aromatic carbocycles. The van der Waals surface area contributed by atoms with Crippen LogP contribution in [0.2, 0.25) is 0 Å². The number of hydrogen-bond acceptors (Lipinski definition) is 5. The molecule has 1 aromatic heterocycles. The van der Waals surface area contributed by atoms with Gasteiger partial charge in [0.15, 0.2) is 0 Å². The van der Waals surface area contributed by atoms with Crippen LogP contribution in [0.25, 0.3) is 6.08 Å². The Morgan fingerprint density at radius 2 is 1.93 bits per heavy atom. The lowest BCUT2D eigenvalue weighted by molar-refractivity contribution is 0.00578. The van der Waals surface area contributed by atoms with E-state index in [0.717, 1.165) is 12.6 Å². The summed E-state index contributed by atoms with van der Waals surface area (Å²) in [4.78, 5) is 2.63. The molecule has 2 aliphatic heterocycles. The Kier molecular flexibility index (Phi) is 4.93. The molecule has 8 heteroatoms. The lowest BCUT2D eigenvalue weighted by Crippen LogP contribution is -2.44. The second kappa shape index (κ2) is 6.97. The standard InChI is InChI=1S/C19H30BFN4O2/c1-18(2)19(3,4)27-20(26-18)17(21)11-14-12-24(23-22-14)13-16-9-6-10-25(16)15-7-5-8-15/h11-12,15-16H,5-10,13H2,1-4H3. The molecule has 0 N–H and O–H groups in total. The third kappa shape index (κ3) is 3.71. The summed E-state index contributed by atoms with van der Waals surface area (Å²) in [5.74, 6) is 0. The van der Waals surface area contributed by atoms with E-state index in [1.54, 1.807) is 0 Å². The first kappa shape index (κ1) is 19.1. The maximum Gasteiger partial charge on any atom is 0.525 e. The van der Waals surface area contributed by atoms with Gasteiger partial charge in [0.1, 0.15) is 11.4 Å². The van der Waals surface area contributed by atoms with Crippen LogP contribution in [0, 0.1) is 0 Å². The van der Waals surface area contributed by atoms with E-state index < -0.39 is 24.0 Å². The molecule has 3 fully saturated rings. The molecular formula is C19H30BFN4O2. The van der Waals surface area contributed by atoms with Gasteiger partial charge in [-0.15, -0.1) is 5.10 Å². The van der Waals surface area contributed by atoms with Crippen LogP contribution in [0.15, 0.2) is 11.9 Å². The third-order valence-corrected chi connectivity index (χ3v) is 6.68. The van der Waals surface area contributed by atoms with Gasteiger partial charge in [0.25, 0.3) is 0 Å². The zero-order valence-electron chi connectivity index (χ0n) is 16.8. The van der Waals surface area contributed by atoms with Crippen LogP contribution in [0.1, 0.15) is 65.5 Å². The van der Waals surface area contributed by atoms with Gasteiger partial charge in [-0.25, -0.2) is 4.39 Å². The molecule has 6 nitrogen and oxygen atoms in total. The van der Waals surface area contributed by atoms with Gasteiger partial charge in [-0.1, -0.05) is 11.6 Å². The van der Waals surface area contributed by atoms with E-state index in [9.17, 15) is 4.39 Å². The number of likely N-dealkylation sites (tertiary alicyclic amines) is 1. The number of hydrogen-bond donors (Lipinski definition) is 0. The molecule has 0 spiro atoms. The van der Waals surface area contributed by atoms with Crippen LogP contribution < -0.4 is 0 Å². The fourth-order valence-electron chi connectivity index (χ4n) is 4.10. The summed E-state index contributed by atoms with van der Waals surface area (Å²) < 4.78 is 28.0. The van der Waals surface area contributed by atoms with Gasteiger partial charge in [0.05, 0.1) is 23.9 Å². The summed E-state index contributed by atoms with van der Waals surface area (Å²) in [6, 6.07) is 1.27. The molecule has 4 rings (SSSR count). The zero-order valence-corrected chi connectivity index (χ0v) is 16.8. The number of halogens is 1. The van der Waals surface area contributed by atoms with Crippen molar-refractivity contribution in [3.63, 3.8) is 0 Å². The summed E-state index contributed by atoms with van der Waals surface area (Å²) in [7, 11) is -0.996. The Balaban J connectivity index is 1.40. The maximum absolute atomic E-state index is 14.6. The average Bonchev–Trinajstić information content (AvgIpc) is 3.19. The predicted molar refractivity (Wildman–Crippen MR) is 103 cm³/mol. The van der Waals surface area contributed by atoms with Crippen LogP contribution in [0.3, 0.4) is 0 Å². The van der Waals surface area contributed by atoms with E-state index in [4.69, 9.17) is 9.31 Å². The van der Waals surface area contributed by atoms with Gasteiger partial charge in [0, 0.05) is 12.1 Å². The molecule has 3 heterocycles. The highest BCUT2D eigenvalue weighted by Crippen LogP contribution is 2.39. The Morgan fingerprint density at radius 1 is 1.22 bits per heavy atom. The first-order chi connectivity index (χ1) is 12.7. The van der Waals surface area contributed by atoms with Crippen LogP contribution >= 0.6 is 0 Å². The second-order valence-corrected chi connectivity index (χ2v) is 9.10. The molecule has 0 bridgehead atoms. The normalized spacial score (nSPS) is 28.7. The Labute approximate surface area is 161 Å². The maximum atomic E-state index is 14.6. The minimum atomic E-state index is -0.996. The minimum absolute atomic E-state index is 0.474. The smallest absolute Gasteiger partial charge is 0.398 e. The van der Waals surface area contributed by atoms with E-state index >= 15 is 0 Å². The van der Waals surface area contributed by atoms with E-state index in [0.29, 0.717) is 11.7 Å². The van der Waals surface area contributed by atoms with Crippen molar-refractivity contribution in [2.24, 2.45) is 0 Å². The lowest BCUT2D eigenvalue weighted by atomic mass is 9.87. The number of rotatable bonds is 5. The molecule has 1 atom stereocenters. The number of nitrogens with zero attached hydrogens (tertiary/aromatic N) is 4. The first-order valence-corrected chi connectivity index (χ1v) is 10.1. The largest absolute Gasteiger partial charge is 0.525 e. The van der Waals surface area contributed by atoms with Crippen molar-refractivity contribution in [2.45, 2.75) is 89.6 Å². The molecule has 2 saturated heterocycles. The summed E-state index contributed by atoms with van der Waals surface area (Å²) in [5.41, 5.74) is -1.10. The molecule has 1 unspecified atom stereocenters. The summed E-state index contributed by atoms with van der Waals surface area (Å²) in [5, 5.41) is 8.31. The fraction of sp³-hybridized carbons (Fsp3) is 0.789. The summed E-state index contributed by atoms with van der Waals surface area (Å²) in [6.45, 7) is 9.64. The van der Waals surface area contributed by atoms with E-state index in [-0.39, 0.29) is 0 Å². The van der Waals surface area contributed by atoms with Gasteiger partial charge in [-0.3, -0.25) is 9.58 Å². The average molecular weight is 376 g/mol. The quantitative estimate of drug-likeness (QED) is 0.739. The highest BCUT2D eigenvalue weighted by molar-refractivity contribution is 6.54. The molecule has 0 radical (unpaired) electrons. The van der Waals surface area contributed by atoms with Crippen LogP contribution in [-0.4, -0.2) is 56.8 Å². The van der Waals surface area contributed by atoms with Crippen molar-refractivity contribution >= 4 is 13.2 Å². The van der Waals surface area contributed by atoms with Crippen molar-refractivity contribution in [3.8, 4) is 0 Å². The molecule has 1 aromatic rings. The Morgan fingerprint density at radius 3 is 2.56 bits per heavy atom. The van der Waals surface area contributed by atoms with Gasteiger partial charge >= 0.3 is 7.12 Å². The highest BCUT2D eigenvalue weighted by Gasteiger charge is 2.53. The van der Waals surface area contributed by atoms with Crippen molar-refractivity contribution in [2.75, 3.05) is 6.54 Å². The Bertz CT molecular complexity index is 700. The van der Waals surface area contributed by atoms with Gasteiger partial charge in [0.2, 0.25) is 0 Å². The summed E-state index contributed by atoms with van der Waals surface area (Å²) >= 11 is 0. The van der Waals surface area contributed by atoms with E-state index in [1.807, 2.05) is 38.6 Å². The Hall–Kier alpha value is -1.25. The van der Waals surface area contributed by atoms with Crippen molar-refractivity contribution in [1.29, 1.82) is 0 Å². The van der Waals surface area contributed by atoms with Crippen LogP contribution in [0.5, 0.6) is 0 Å². The van der Waals surface area contributed by atoms with Gasteiger partial charge in [-0.2, -0.15) is 0 Å². The summed E-state index contributed by atoms with van der Waals surface area (Å²) in [6.07, 6.45) is 9.61. The zero-order chi connectivity index (χ0) is 19.2. The van der Waals surface area contributed by atoms with E-state index in [2.05, 4.69) is 15.2 Å². The molecule has 148 valence electrons. The monoisotopic (exact) mass is 376 g/mol. The lowest BCUT2D eigenvalue weighted by Gasteiger charge is -2.38.